The Morgan fingerprint density at radius 1 is 1.05 bits per heavy atom. The van der Waals surface area contributed by atoms with Crippen molar-refractivity contribution in [3.63, 3.8) is 0 Å². The van der Waals surface area contributed by atoms with Gasteiger partial charge in [0, 0.05) is 6.42 Å². The van der Waals surface area contributed by atoms with E-state index >= 15 is 0 Å². The number of aliphatic hydroxyl groups excluding tert-OH is 2. The fourth-order valence-electron chi connectivity index (χ4n) is 5.14. The van der Waals surface area contributed by atoms with Gasteiger partial charge in [0.2, 0.25) is 0 Å². The van der Waals surface area contributed by atoms with Gasteiger partial charge in [-0.15, -0.1) is 0 Å². The number of carboxylic acids is 1. The second kappa shape index (κ2) is 12.6. The molecule has 204 valence electrons. The first-order chi connectivity index (χ1) is 17.4. The zero-order chi connectivity index (χ0) is 27.2. The fourth-order valence-corrected chi connectivity index (χ4v) is 9.90. The molecule has 1 saturated heterocycles. The summed E-state index contributed by atoms with van der Waals surface area (Å²) >= 11 is 0. The van der Waals surface area contributed by atoms with Crippen LogP contribution in [-0.2, 0) is 18.7 Å². The molecule has 1 aliphatic rings. The predicted molar refractivity (Wildman–Crippen MR) is 145 cm³/mol. The topological polar surface area (TPSA) is 105 Å². The van der Waals surface area contributed by atoms with Gasteiger partial charge in [0.25, 0.3) is 8.32 Å². The Bertz CT molecular complexity index is 939. The quantitative estimate of drug-likeness (QED) is 0.382. The van der Waals surface area contributed by atoms with E-state index < -0.39 is 32.8 Å². The number of hydrogen-bond acceptors (Lipinski definition) is 6. The molecule has 37 heavy (non-hydrogen) atoms. The first-order valence-electron chi connectivity index (χ1n) is 13.1. The van der Waals surface area contributed by atoms with Gasteiger partial charge >= 0.3 is 5.97 Å². The molecule has 1 fully saturated rings. The molecular formula is C29H42O7Si. The number of carbonyl (C=O) groups is 1. The molecule has 0 radical (unpaired) electrons. The average Bonchev–Trinajstić information content (AvgIpc) is 2.84. The summed E-state index contributed by atoms with van der Waals surface area (Å²) in [5.41, 5.74) is 0. The Hall–Kier alpha value is -2.07. The van der Waals surface area contributed by atoms with E-state index in [1.54, 1.807) is 0 Å². The van der Waals surface area contributed by atoms with Crippen LogP contribution in [-0.4, -0.2) is 66.4 Å². The molecule has 0 aromatic heterocycles. The molecule has 8 heteroatoms. The summed E-state index contributed by atoms with van der Waals surface area (Å²) in [6.07, 6.45) is -2.78. The highest BCUT2D eigenvalue weighted by Crippen LogP contribution is 2.39. The Kier molecular flexibility index (Phi) is 10.1. The summed E-state index contributed by atoms with van der Waals surface area (Å²) in [5, 5.41) is 31.8. The number of aliphatic carboxylic acids is 1. The van der Waals surface area contributed by atoms with Crippen molar-refractivity contribution in [2.24, 2.45) is 0 Å². The molecule has 0 amide bonds. The van der Waals surface area contributed by atoms with Crippen molar-refractivity contribution in [1.29, 1.82) is 0 Å². The molecule has 0 saturated carbocycles. The predicted octanol–water partition coefficient (Wildman–Crippen LogP) is 3.45. The Balaban J connectivity index is 1.77. The van der Waals surface area contributed by atoms with E-state index in [0.29, 0.717) is 19.3 Å². The molecule has 0 bridgehead atoms. The maximum Gasteiger partial charge on any atom is 0.305 e. The van der Waals surface area contributed by atoms with Gasteiger partial charge in [0.1, 0.15) is 6.10 Å². The molecule has 0 spiro atoms. The molecule has 1 aliphatic heterocycles. The van der Waals surface area contributed by atoms with Gasteiger partial charge < -0.3 is 29.2 Å². The maximum atomic E-state index is 11.0. The van der Waals surface area contributed by atoms with Crippen LogP contribution in [0.4, 0.5) is 0 Å². The zero-order valence-electron chi connectivity index (χ0n) is 22.5. The van der Waals surface area contributed by atoms with Gasteiger partial charge in [-0.2, -0.15) is 0 Å². The second-order valence-electron chi connectivity index (χ2n) is 11.1. The molecule has 2 unspecified atom stereocenters. The summed E-state index contributed by atoms with van der Waals surface area (Å²) in [5.74, 6) is -1.03. The van der Waals surface area contributed by atoms with Crippen molar-refractivity contribution in [2.75, 3.05) is 0 Å². The first-order valence-corrected chi connectivity index (χ1v) is 15.0. The van der Waals surface area contributed by atoms with Crippen LogP contribution in [0.3, 0.4) is 0 Å². The van der Waals surface area contributed by atoms with Crippen LogP contribution < -0.4 is 10.4 Å². The summed E-state index contributed by atoms with van der Waals surface area (Å²) in [6, 6.07) is 20.8. The van der Waals surface area contributed by atoms with E-state index in [0.717, 1.165) is 0 Å². The largest absolute Gasteiger partial charge is 0.481 e. The molecule has 2 aromatic rings. The van der Waals surface area contributed by atoms with Gasteiger partial charge in [-0.1, -0.05) is 81.4 Å². The van der Waals surface area contributed by atoms with Crippen LogP contribution in [0.25, 0.3) is 0 Å². The van der Waals surface area contributed by atoms with Gasteiger partial charge in [-0.25, -0.2) is 0 Å². The molecule has 6 atom stereocenters. The fraction of sp³-hybridized carbons (Fsp3) is 0.552. The molecule has 7 nitrogen and oxygen atoms in total. The van der Waals surface area contributed by atoms with Crippen LogP contribution in [0.15, 0.2) is 60.7 Å². The Morgan fingerprint density at radius 2 is 1.59 bits per heavy atom. The number of rotatable bonds is 11. The Labute approximate surface area is 221 Å². The summed E-state index contributed by atoms with van der Waals surface area (Å²) < 4.78 is 19.3. The van der Waals surface area contributed by atoms with Gasteiger partial charge in [0.15, 0.2) is 6.29 Å². The van der Waals surface area contributed by atoms with Crippen molar-refractivity contribution >= 4 is 24.7 Å². The molecule has 0 aliphatic carbocycles. The van der Waals surface area contributed by atoms with E-state index in [1.807, 2.05) is 50.2 Å². The standard InChI is InChI=1S/C29H42O7Si/c1-20(16-17-22(30)18-27(32)33)34-28-25(31)19-26(21(2)35-28)36-37(29(3,4)5,23-12-8-6-9-13-23)24-14-10-7-11-15-24/h6-15,20-22,25-26,28,30-31H,16-19H2,1-5H3,(H,32,33)/t20?,21-,22?,25+,26+,28+/m0/s1. The number of benzene rings is 2. The lowest BCUT2D eigenvalue weighted by Gasteiger charge is -2.48. The van der Waals surface area contributed by atoms with Crippen molar-refractivity contribution < 1.29 is 34.0 Å². The lowest BCUT2D eigenvalue weighted by Crippen LogP contribution is -2.69. The van der Waals surface area contributed by atoms with Crippen LogP contribution >= 0.6 is 0 Å². The number of ether oxygens (including phenoxy) is 2. The van der Waals surface area contributed by atoms with E-state index in [-0.39, 0.29) is 29.8 Å². The molecule has 1 heterocycles. The minimum absolute atomic E-state index is 0.195. The third kappa shape index (κ3) is 7.28. The Morgan fingerprint density at radius 3 is 2.08 bits per heavy atom. The van der Waals surface area contributed by atoms with E-state index in [4.69, 9.17) is 19.0 Å². The van der Waals surface area contributed by atoms with Crippen LogP contribution in [0, 0.1) is 0 Å². The van der Waals surface area contributed by atoms with Crippen LogP contribution in [0.1, 0.15) is 60.3 Å². The van der Waals surface area contributed by atoms with Crippen LogP contribution in [0.5, 0.6) is 0 Å². The van der Waals surface area contributed by atoms with Crippen LogP contribution in [0.2, 0.25) is 5.04 Å². The number of aliphatic hydroxyl groups is 2. The minimum Gasteiger partial charge on any atom is -0.481 e. The number of hydrogen-bond donors (Lipinski definition) is 3. The average molecular weight is 531 g/mol. The second-order valence-corrected chi connectivity index (χ2v) is 15.4. The van der Waals surface area contributed by atoms with E-state index in [1.165, 1.54) is 10.4 Å². The van der Waals surface area contributed by atoms with Gasteiger partial charge in [0.05, 0.1) is 30.8 Å². The summed E-state index contributed by atoms with van der Waals surface area (Å²) in [4.78, 5) is 10.8. The first kappa shape index (κ1) is 29.5. The summed E-state index contributed by atoms with van der Waals surface area (Å²) in [6.45, 7) is 10.4. The molecule has 2 aromatic carbocycles. The van der Waals surface area contributed by atoms with Crippen molar-refractivity contribution in [2.45, 2.75) is 102 Å². The maximum absolute atomic E-state index is 11.0. The third-order valence-electron chi connectivity index (χ3n) is 7.09. The lowest BCUT2D eigenvalue weighted by atomic mass is 10.0. The van der Waals surface area contributed by atoms with E-state index in [9.17, 15) is 15.0 Å². The minimum atomic E-state index is -2.81. The highest BCUT2D eigenvalue weighted by Gasteiger charge is 2.53. The lowest BCUT2D eigenvalue weighted by molar-refractivity contribution is -0.271. The highest BCUT2D eigenvalue weighted by molar-refractivity contribution is 6.99. The SMILES string of the molecule is CC(CCC(O)CC(=O)O)O[C@@H]1O[C@@H](C)[C@H](O[Si](c2ccccc2)(c2ccccc2)C(C)(C)C)C[C@H]1O. The molecule has 3 N–H and O–H groups in total. The van der Waals surface area contributed by atoms with Crippen molar-refractivity contribution in [1.82, 2.24) is 0 Å². The van der Waals surface area contributed by atoms with E-state index in [2.05, 4.69) is 45.0 Å². The number of carboxylic acid groups (broad SMARTS) is 1. The van der Waals surface area contributed by atoms with Gasteiger partial charge in [-0.3, -0.25) is 4.79 Å². The zero-order valence-corrected chi connectivity index (χ0v) is 23.5. The summed E-state index contributed by atoms with van der Waals surface area (Å²) in [7, 11) is -2.81. The smallest absolute Gasteiger partial charge is 0.305 e. The third-order valence-corrected chi connectivity index (χ3v) is 12.1. The monoisotopic (exact) mass is 530 g/mol. The normalized spacial score (nSPS) is 24.4. The van der Waals surface area contributed by atoms with Gasteiger partial charge in [-0.05, 0) is 42.1 Å². The molecule has 3 rings (SSSR count). The molecular weight excluding hydrogens is 488 g/mol. The highest BCUT2D eigenvalue weighted by atomic mass is 28.4. The van der Waals surface area contributed by atoms with Crippen molar-refractivity contribution in [3.05, 3.63) is 60.7 Å². The van der Waals surface area contributed by atoms with Crippen molar-refractivity contribution in [3.8, 4) is 0 Å².